The van der Waals surface area contributed by atoms with Gasteiger partial charge in [-0.25, -0.2) is 8.42 Å². The van der Waals surface area contributed by atoms with Crippen LogP contribution in [-0.4, -0.2) is 42.8 Å². The number of nitrogens with one attached hydrogen (secondary N) is 1. The van der Waals surface area contributed by atoms with Crippen LogP contribution >= 0.6 is 0 Å². The highest BCUT2D eigenvalue weighted by Crippen LogP contribution is 2.36. The second-order valence-corrected chi connectivity index (χ2v) is 8.77. The number of hydrogen-bond donors (Lipinski definition) is 2. The maximum Gasteiger partial charge on any atom is 0.308 e. The molecule has 0 radical (unpaired) electrons. The van der Waals surface area contributed by atoms with E-state index in [0.29, 0.717) is 11.3 Å². The van der Waals surface area contributed by atoms with Gasteiger partial charge in [-0.3, -0.25) is 9.59 Å². The predicted octanol–water partition coefficient (Wildman–Crippen LogP) is 1.67. The number of carbonyl (C=O) groups excluding carboxylic acids is 1. The number of carbonyl (C=O) groups is 2. The minimum absolute atomic E-state index is 0.0779. The first-order valence-corrected chi connectivity index (χ1v) is 10.0. The fourth-order valence-corrected chi connectivity index (χ4v) is 5.31. The molecule has 4 rings (SSSR count). The van der Waals surface area contributed by atoms with Gasteiger partial charge in [-0.2, -0.15) is 4.31 Å². The SMILES string of the molecule is O=C1Cc2cc(S(=O)(=O)N3C[C@@H](C(=O)O)[C@H](c4ccccc4)C3)ccc2N1. The largest absolute Gasteiger partial charge is 0.481 e. The second kappa shape index (κ2) is 6.47. The Morgan fingerprint density at radius 2 is 1.85 bits per heavy atom. The van der Waals surface area contributed by atoms with Gasteiger partial charge in [-0.15, -0.1) is 0 Å². The van der Waals surface area contributed by atoms with Crippen LogP contribution in [0.25, 0.3) is 0 Å². The third-order valence-corrected chi connectivity index (χ3v) is 7.00. The summed E-state index contributed by atoms with van der Waals surface area (Å²) in [4.78, 5) is 23.3. The number of nitrogens with zero attached hydrogens (tertiary/aromatic N) is 1. The molecule has 2 atom stereocenters. The van der Waals surface area contributed by atoms with Crippen LogP contribution in [-0.2, 0) is 26.0 Å². The van der Waals surface area contributed by atoms with Crippen molar-refractivity contribution in [2.45, 2.75) is 17.2 Å². The molecule has 0 aromatic heterocycles. The molecule has 0 spiro atoms. The van der Waals surface area contributed by atoms with Gasteiger partial charge in [-0.1, -0.05) is 30.3 Å². The van der Waals surface area contributed by atoms with E-state index in [0.717, 1.165) is 5.56 Å². The first kappa shape index (κ1) is 17.7. The molecule has 2 N–H and O–H groups in total. The number of anilines is 1. The van der Waals surface area contributed by atoms with E-state index in [1.54, 1.807) is 6.07 Å². The highest BCUT2D eigenvalue weighted by Gasteiger charge is 2.43. The lowest BCUT2D eigenvalue weighted by Crippen LogP contribution is -2.30. The molecule has 8 heteroatoms. The quantitative estimate of drug-likeness (QED) is 0.832. The first-order chi connectivity index (χ1) is 12.9. The van der Waals surface area contributed by atoms with Gasteiger partial charge < -0.3 is 10.4 Å². The zero-order chi connectivity index (χ0) is 19.2. The summed E-state index contributed by atoms with van der Waals surface area (Å²) in [6.45, 7) is 0.0308. The molecule has 1 amide bonds. The van der Waals surface area contributed by atoms with Crippen molar-refractivity contribution < 1.29 is 23.1 Å². The van der Waals surface area contributed by atoms with Gasteiger partial charge in [0.2, 0.25) is 15.9 Å². The lowest BCUT2D eigenvalue weighted by Gasteiger charge is -2.17. The Hall–Kier alpha value is -2.71. The van der Waals surface area contributed by atoms with Crippen LogP contribution in [0.3, 0.4) is 0 Å². The highest BCUT2D eigenvalue weighted by atomic mass is 32.2. The molecule has 140 valence electrons. The van der Waals surface area contributed by atoms with Crippen LogP contribution < -0.4 is 5.32 Å². The van der Waals surface area contributed by atoms with Crippen molar-refractivity contribution in [2.24, 2.45) is 5.92 Å². The van der Waals surface area contributed by atoms with Crippen molar-refractivity contribution in [2.75, 3.05) is 18.4 Å². The van der Waals surface area contributed by atoms with Gasteiger partial charge in [0.1, 0.15) is 0 Å². The number of hydrogen-bond acceptors (Lipinski definition) is 4. The Bertz CT molecular complexity index is 1020. The van der Waals surface area contributed by atoms with Crippen LogP contribution in [0.15, 0.2) is 53.4 Å². The molecular formula is C19H18N2O5S. The molecule has 0 unspecified atom stereocenters. The third-order valence-electron chi connectivity index (χ3n) is 5.17. The Balaban J connectivity index is 1.66. The van der Waals surface area contributed by atoms with Gasteiger partial charge >= 0.3 is 5.97 Å². The minimum Gasteiger partial charge on any atom is -0.481 e. The molecule has 7 nitrogen and oxygen atoms in total. The molecule has 2 aliphatic heterocycles. The summed E-state index contributed by atoms with van der Waals surface area (Å²) in [5.41, 5.74) is 2.06. The van der Waals surface area contributed by atoms with E-state index in [2.05, 4.69) is 5.32 Å². The number of carboxylic acids is 1. The van der Waals surface area contributed by atoms with Crippen molar-refractivity contribution in [3.8, 4) is 0 Å². The Morgan fingerprint density at radius 3 is 2.56 bits per heavy atom. The van der Waals surface area contributed by atoms with Gasteiger partial charge in [0.05, 0.1) is 17.2 Å². The van der Waals surface area contributed by atoms with Gasteiger partial charge in [-0.05, 0) is 29.3 Å². The maximum atomic E-state index is 13.1. The van der Waals surface area contributed by atoms with Crippen LogP contribution in [0, 0.1) is 5.92 Å². The zero-order valence-electron chi connectivity index (χ0n) is 14.3. The Morgan fingerprint density at radius 1 is 1.11 bits per heavy atom. The van der Waals surface area contributed by atoms with E-state index in [1.165, 1.54) is 16.4 Å². The molecule has 2 aliphatic rings. The first-order valence-electron chi connectivity index (χ1n) is 8.57. The number of aliphatic carboxylic acids is 1. The Kier molecular flexibility index (Phi) is 4.24. The van der Waals surface area contributed by atoms with Crippen LogP contribution in [0.1, 0.15) is 17.0 Å². The average Bonchev–Trinajstić information content (AvgIpc) is 3.25. The summed E-state index contributed by atoms with van der Waals surface area (Å²) in [5, 5.41) is 12.3. The van der Waals surface area contributed by atoms with Crippen LogP contribution in [0.5, 0.6) is 0 Å². The average molecular weight is 386 g/mol. The van der Waals surface area contributed by atoms with Crippen molar-refractivity contribution in [3.63, 3.8) is 0 Å². The third kappa shape index (κ3) is 3.11. The molecule has 0 saturated carbocycles. The summed E-state index contributed by atoms with van der Waals surface area (Å²) in [6, 6.07) is 13.6. The number of sulfonamides is 1. The van der Waals surface area contributed by atoms with Crippen molar-refractivity contribution >= 4 is 27.6 Å². The van der Waals surface area contributed by atoms with E-state index >= 15 is 0 Å². The predicted molar refractivity (Wildman–Crippen MR) is 97.8 cm³/mol. The molecule has 1 saturated heterocycles. The summed E-state index contributed by atoms with van der Waals surface area (Å²) >= 11 is 0. The van der Waals surface area contributed by atoms with Crippen molar-refractivity contribution in [1.29, 1.82) is 0 Å². The van der Waals surface area contributed by atoms with E-state index in [-0.39, 0.29) is 30.3 Å². The second-order valence-electron chi connectivity index (χ2n) is 6.83. The van der Waals surface area contributed by atoms with E-state index in [4.69, 9.17) is 0 Å². The Labute approximate surface area is 156 Å². The van der Waals surface area contributed by atoms with Gasteiger partial charge in [0.25, 0.3) is 0 Å². The standard InChI is InChI=1S/C19H18N2O5S/c22-18-9-13-8-14(6-7-17(13)20-18)27(25,26)21-10-15(16(11-21)19(23)24)12-4-2-1-3-5-12/h1-8,15-16H,9-11H2,(H,20,22)(H,23,24)/t15-,16+/m0/s1. The number of carboxylic acid groups (broad SMARTS) is 1. The van der Waals surface area contributed by atoms with Gasteiger partial charge in [0, 0.05) is 24.7 Å². The van der Waals surface area contributed by atoms with E-state index < -0.39 is 27.8 Å². The molecule has 2 aromatic carbocycles. The number of benzene rings is 2. The molecule has 0 bridgehead atoms. The van der Waals surface area contributed by atoms with Crippen molar-refractivity contribution in [1.82, 2.24) is 4.31 Å². The number of rotatable bonds is 4. The highest BCUT2D eigenvalue weighted by molar-refractivity contribution is 7.89. The normalized spacial score (nSPS) is 22.4. The number of amides is 1. The summed E-state index contributed by atoms with van der Waals surface area (Å²) in [7, 11) is -3.85. The minimum atomic E-state index is -3.85. The molecular weight excluding hydrogens is 368 g/mol. The number of fused-ring (bicyclic) bond motifs is 1. The fourth-order valence-electron chi connectivity index (χ4n) is 3.77. The van der Waals surface area contributed by atoms with Crippen LogP contribution in [0.4, 0.5) is 5.69 Å². The molecule has 1 fully saturated rings. The lowest BCUT2D eigenvalue weighted by atomic mass is 9.89. The fraction of sp³-hybridized carbons (Fsp3) is 0.263. The van der Waals surface area contributed by atoms with Crippen molar-refractivity contribution in [3.05, 3.63) is 59.7 Å². The molecule has 2 aromatic rings. The summed E-state index contributed by atoms with van der Waals surface area (Å²) in [6.07, 6.45) is 0.142. The smallest absolute Gasteiger partial charge is 0.308 e. The monoisotopic (exact) mass is 386 g/mol. The summed E-state index contributed by atoms with van der Waals surface area (Å²) < 4.78 is 27.4. The van der Waals surface area contributed by atoms with Gasteiger partial charge in [0.15, 0.2) is 0 Å². The zero-order valence-corrected chi connectivity index (χ0v) is 15.1. The molecule has 2 heterocycles. The van der Waals surface area contributed by atoms with E-state index in [1.807, 2.05) is 30.3 Å². The topological polar surface area (TPSA) is 104 Å². The van der Waals surface area contributed by atoms with E-state index in [9.17, 15) is 23.1 Å². The van der Waals surface area contributed by atoms with Crippen LogP contribution in [0.2, 0.25) is 0 Å². The molecule has 27 heavy (non-hydrogen) atoms. The lowest BCUT2D eigenvalue weighted by molar-refractivity contribution is -0.141. The molecule has 0 aliphatic carbocycles. The maximum absolute atomic E-state index is 13.1. The summed E-state index contributed by atoms with van der Waals surface area (Å²) in [5.74, 6) is -2.39.